The Morgan fingerprint density at radius 3 is 2.62 bits per heavy atom. The smallest absolute Gasteiger partial charge is 0.275 e. The summed E-state index contributed by atoms with van der Waals surface area (Å²) < 4.78 is 3.18. The lowest BCUT2D eigenvalue weighted by molar-refractivity contribution is 0.101. The van der Waals surface area contributed by atoms with E-state index in [1.165, 1.54) is 0 Å². The Balaban J connectivity index is 2.17. The Hall–Kier alpha value is -2.11. The molecule has 2 heterocycles. The molecular formula is C10H13N5O. The molecule has 2 aromatic heterocycles. The first-order chi connectivity index (χ1) is 7.56. The molecule has 0 unspecified atom stereocenters. The van der Waals surface area contributed by atoms with Crippen LogP contribution in [0.5, 0.6) is 0 Å². The Kier molecular flexibility index (Phi) is 2.47. The van der Waals surface area contributed by atoms with Crippen LogP contribution >= 0.6 is 0 Å². The van der Waals surface area contributed by atoms with Crippen LogP contribution in [0.4, 0.5) is 5.82 Å². The van der Waals surface area contributed by atoms with Crippen LogP contribution in [-0.2, 0) is 14.1 Å². The molecule has 0 aliphatic heterocycles. The van der Waals surface area contributed by atoms with E-state index in [0.717, 1.165) is 5.69 Å². The number of nitrogens with zero attached hydrogens (tertiary/aromatic N) is 4. The lowest BCUT2D eigenvalue weighted by Gasteiger charge is -2.01. The highest BCUT2D eigenvalue weighted by Crippen LogP contribution is 2.06. The summed E-state index contributed by atoms with van der Waals surface area (Å²) in [5.41, 5.74) is 1.33. The lowest BCUT2D eigenvalue weighted by Crippen LogP contribution is -2.16. The van der Waals surface area contributed by atoms with E-state index < -0.39 is 0 Å². The molecule has 0 atom stereocenters. The van der Waals surface area contributed by atoms with Gasteiger partial charge in [0, 0.05) is 26.4 Å². The summed E-state index contributed by atoms with van der Waals surface area (Å²) in [5.74, 6) is 0.327. The molecule has 2 rings (SSSR count). The Labute approximate surface area is 92.9 Å². The number of carbonyl (C=O) groups excluding carboxylic acids is 1. The third kappa shape index (κ3) is 1.95. The maximum absolute atomic E-state index is 11.8. The molecule has 0 spiro atoms. The summed E-state index contributed by atoms with van der Waals surface area (Å²) in [6.45, 7) is 1.84. The van der Waals surface area contributed by atoms with Gasteiger partial charge in [-0.3, -0.25) is 14.2 Å². The first kappa shape index (κ1) is 10.4. The van der Waals surface area contributed by atoms with Crippen molar-refractivity contribution in [1.29, 1.82) is 0 Å². The van der Waals surface area contributed by atoms with Crippen molar-refractivity contribution in [3.8, 4) is 0 Å². The third-order valence-electron chi connectivity index (χ3n) is 2.19. The molecule has 0 bridgehead atoms. The number of carbonyl (C=O) groups is 1. The standard InChI is InChI=1S/C10H13N5O/c1-7-6-8(15(3)12-7)10(16)11-9-4-5-14(2)13-9/h4-6H,1-3H3,(H,11,13,16). The SMILES string of the molecule is Cc1cc(C(=O)Nc2ccn(C)n2)n(C)n1. The molecular weight excluding hydrogens is 206 g/mol. The number of hydrogen-bond acceptors (Lipinski definition) is 3. The molecule has 0 aliphatic carbocycles. The fourth-order valence-corrected chi connectivity index (χ4v) is 1.49. The summed E-state index contributed by atoms with van der Waals surface area (Å²) >= 11 is 0. The molecule has 0 fully saturated rings. The molecule has 6 heteroatoms. The van der Waals surface area contributed by atoms with Crippen LogP contribution in [0.25, 0.3) is 0 Å². The summed E-state index contributed by atoms with van der Waals surface area (Å²) in [5, 5.41) is 10.9. The van der Waals surface area contributed by atoms with Crippen molar-refractivity contribution in [3.63, 3.8) is 0 Å². The van der Waals surface area contributed by atoms with Gasteiger partial charge in [0.15, 0.2) is 5.82 Å². The van der Waals surface area contributed by atoms with Crippen LogP contribution in [0.2, 0.25) is 0 Å². The number of aryl methyl sites for hydroxylation is 3. The van der Waals surface area contributed by atoms with E-state index in [9.17, 15) is 4.79 Å². The quantitative estimate of drug-likeness (QED) is 0.809. The summed E-state index contributed by atoms with van der Waals surface area (Å²) in [7, 11) is 3.53. The molecule has 0 aliphatic rings. The molecule has 2 aromatic rings. The van der Waals surface area contributed by atoms with Gasteiger partial charge in [0.2, 0.25) is 0 Å². The maximum Gasteiger partial charge on any atom is 0.275 e. The summed E-state index contributed by atoms with van der Waals surface area (Å²) in [6, 6.07) is 3.47. The topological polar surface area (TPSA) is 64.7 Å². The van der Waals surface area contributed by atoms with E-state index in [0.29, 0.717) is 11.5 Å². The molecule has 16 heavy (non-hydrogen) atoms. The normalized spacial score (nSPS) is 10.4. The van der Waals surface area contributed by atoms with Crippen molar-refractivity contribution in [3.05, 3.63) is 29.7 Å². The second-order valence-corrected chi connectivity index (χ2v) is 3.62. The zero-order valence-corrected chi connectivity index (χ0v) is 9.43. The van der Waals surface area contributed by atoms with Gasteiger partial charge >= 0.3 is 0 Å². The Bertz CT molecular complexity index is 525. The lowest BCUT2D eigenvalue weighted by atomic mass is 10.3. The number of hydrogen-bond donors (Lipinski definition) is 1. The molecule has 0 saturated carbocycles. The number of anilines is 1. The van der Waals surface area contributed by atoms with E-state index in [1.807, 2.05) is 6.92 Å². The van der Waals surface area contributed by atoms with Crippen LogP contribution in [0, 0.1) is 6.92 Å². The van der Waals surface area contributed by atoms with E-state index in [-0.39, 0.29) is 5.91 Å². The van der Waals surface area contributed by atoms with Gasteiger partial charge < -0.3 is 5.32 Å². The van der Waals surface area contributed by atoms with Crippen LogP contribution in [0.1, 0.15) is 16.2 Å². The fourth-order valence-electron chi connectivity index (χ4n) is 1.49. The number of aromatic nitrogens is 4. The molecule has 84 valence electrons. The Morgan fingerprint density at radius 2 is 2.12 bits per heavy atom. The second-order valence-electron chi connectivity index (χ2n) is 3.62. The first-order valence-electron chi connectivity index (χ1n) is 4.88. The van der Waals surface area contributed by atoms with Crippen molar-refractivity contribution >= 4 is 11.7 Å². The molecule has 6 nitrogen and oxygen atoms in total. The minimum absolute atomic E-state index is 0.207. The van der Waals surface area contributed by atoms with Gasteiger partial charge in [0.1, 0.15) is 5.69 Å². The zero-order valence-electron chi connectivity index (χ0n) is 9.43. The van der Waals surface area contributed by atoms with Crippen molar-refractivity contribution in [2.75, 3.05) is 5.32 Å². The van der Waals surface area contributed by atoms with Crippen molar-refractivity contribution in [1.82, 2.24) is 19.6 Å². The number of nitrogens with one attached hydrogen (secondary N) is 1. The summed E-state index contributed by atoms with van der Waals surface area (Å²) in [4.78, 5) is 11.8. The van der Waals surface area contributed by atoms with Gasteiger partial charge in [-0.15, -0.1) is 0 Å². The fraction of sp³-hybridized carbons (Fsp3) is 0.300. The minimum atomic E-state index is -0.207. The van der Waals surface area contributed by atoms with E-state index in [2.05, 4.69) is 15.5 Å². The average Bonchev–Trinajstić information content (AvgIpc) is 2.73. The Morgan fingerprint density at radius 1 is 1.38 bits per heavy atom. The molecule has 1 amide bonds. The van der Waals surface area contributed by atoms with Crippen LogP contribution in [-0.4, -0.2) is 25.5 Å². The monoisotopic (exact) mass is 219 g/mol. The predicted molar refractivity (Wildman–Crippen MR) is 59.1 cm³/mol. The van der Waals surface area contributed by atoms with Gasteiger partial charge in [-0.2, -0.15) is 10.2 Å². The van der Waals surface area contributed by atoms with Gasteiger partial charge in [0.05, 0.1) is 5.69 Å². The first-order valence-corrected chi connectivity index (χ1v) is 4.88. The van der Waals surface area contributed by atoms with Crippen LogP contribution in [0.15, 0.2) is 18.3 Å². The zero-order chi connectivity index (χ0) is 11.7. The molecule has 0 radical (unpaired) electrons. The van der Waals surface area contributed by atoms with Crippen molar-refractivity contribution in [2.45, 2.75) is 6.92 Å². The minimum Gasteiger partial charge on any atom is -0.304 e. The van der Waals surface area contributed by atoms with E-state index >= 15 is 0 Å². The number of rotatable bonds is 2. The average molecular weight is 219 g/mol. The highest BCUT2D eigenvalue weighted by molar-refractivity contribution is 6.02. The second kappa shape index (κ2) is 3.80. The summed E-state index contributed by atoms with van der Waals surface area (Å²) in [6.07, 6.45) is 1.77. The van der Waals surface area contributed by atoms with E-state index in [1.54, 1.807) is 41.8 Å². The van der Waals surface area contributed by atoms with Crippen LogP contribution in [0.3, 0.4) is 0 Å². The molecule has 1 N–H and O–H groups in total. The van der Waals surface area contributed by atoms with Gasteiger partial charge in [-0.25, -0.2) is 0 Å². The predicted octanol–water partition coefficient (Wildman–Crippen LogP) is 0.714. The maximum atomic E-state index is 11.8. The van der Waals surface area contributed by atoms with Gasteiger partial charge in [-0.05, 0) is 13.0 Å². The molecule has 0 aromatic carbocycles. The van der Waals surface area contributed by atoms with Crippen molar-refractivity contribution < 1.29 is 4.79 Å². The van der Waals surface area contributed by atoms with Crippen molar-refractivity contribution in [2.24, 2.45) is 14.1 Å². The third-order valence-corrected chi connectivity index (χ3v) is 2.19. The largest absolute Gasteiger partial charge is 0.304 e. The van der Waals surface area contributed by atoms with E-state index in [4.69, 9.17) is 0 Å². The highest BCUT2D eigenvalue weighted by atomic mass is 16.2. The highest BCUT2D eigenvalue weighted by Gasteiger charge is 2.12. The van der Waals surface area contributed by atoms with Crippen LogP contribution < -0.4 is 5.32 Å². The molecule has 0 saturated heterocycles. The van der Waals surface area contributed by atoms with Gasteiger partial charge in [0.25, 0.3) is 5.91 Å². The number of amides is 1. The van der Waals surface area contributed by atoms with Gasteiger partial charge in [-0.1, -0.05) is 0 Å².